The van der Waals surface area contributed by atoms with Crippen molar-refractivity contribution in [3.05, 3.63) is 65.5 Å². The SMILES string of the molecule is Fc1cccc(F)c1CC(=S)NCCc1ccccn1. The Hall–Kier alpha value is -1.88. The van der Waals surface area contributed by atoms with Crippen LogP contribution in [-0.4, -0.2) is 16.5 Å². The van der Waals surface area contributed by atoms with Gasteiger partial charge >= 0.3 is 0 Å². The van der Waals surface area contributed by atoms with Gasteiger partial charge in [0.15, 0.2) is 0 Å². The third kappa shape index (κ3) is 4.06. The van der Waals surface area contributed by atoms with Gasteiger partial charge in [0.25, 0.3) is 0 Å². The fourth-order valence-corrected chi connectivity index (χ4v) is 2.05. The zero-order valence-electron chi connectivity index (χ0n) is 10.8. The molecule has 0 saturated carbocycles. The summed E-state index contributed by atoms with van der Waals surface area (Å²) >= 11 is 5.11. The van der Waals surface area contributed by atoms with Gasteiger partial charge in [0, 0.05) is 36.8 Å². The van der Waals surface area contributed by atoms with Crippen LogP contribution in [0, 0.1) is 11.6 Å². The number of thiocarbonyl (C=S) groups is 1. The Kier molecular flexibility index (Phi) is 5.12. The number of pyridine rings is 1. The summed E-state index contributed by atoms with van der Waals surface area (Å²) in [5.74, 6) is -1.14. The molecule has 2 rings (SSSR count). The molecule has 104 valence electrons. The molecule has 0 amide bonds. The van der Waals surface area contributed by atoms with Gasteiger partial charge in [-0.25, -0.2) is 8.78 Å². The van der Waals surface area contributed by atoms with E-state index in [1.165, 1.54) is 18.2 Å². The first-order valence-electron chi connectivity index (χ1n) is 6.26. The molecule has 0 saturated heterocycles. The largest absolute Gasteiger partial charge is 0.379 e. The highest BCUT2D eigenvalue weighted by atomic mass is 32.1. The van der Waals surface area contributed by atoms with Crippen LogP contribution < -0.4 is 5.32 Å². The number of hydrogen-bond donors (Lipinski definition) is 1. The van der Waals surface area contributed by atoms with Crippen molar-refractivity contribution in [2.75, 3.05) is 6.54 Å². The fraction of sp³-hybridized carbons (Fsp3) is 0.200. The van der Waals surface area contributed by atoms with E-state index in [4.69, 9.17) is 12.2 Å². The lowest BCUT2D eigenvalue weighted by molar-refractivity contribution is 0.564. The molecule has 1 heterocycles. The van der Waals surface area contributed by atoms with Gasteiger partial charge in [0.1, 0.15) is 11.6 Å². The van der Waals surface area contributed by atoms with Crippen molar-refractivity contribution in [2.45, 2.75) is 12.8 Å². The van der Waals surface area contributed by atoms with Gasteiger partial charge in [-0.05, 0) is 24.3 Å². The van der Waals surface area contributed by atoms with Crippen LogP contribution in [-0.2, 0) is 12.8 Å². The van der Waals surface area contributed by atoms with E-state index in [-0.39, 0.29) is 12.0 Å². The maximum atomic E-state index is 13.5. The number of benzene rings is 1. The molecule has 20 heavy (non-hydrogen) atoms. The lowest BCUT2D eigenvalue weighted by Gasteiger charge is -2.09. The smallest absolute Gasteiger partial charge is 0.129 e. The van der Waals surface area contributed by atoms with E-state index < -0.39 is 11.6 Å². The molecule has 0 radical (unpaired) electrons. The van der Waals surface area contributed by atoms with Gasteiger partial charge in [0.2, 0.25) is 0 Å². The quantitative estimate of drug-likeness (QED) is 0.857. The Labute approximate surface area is 121 Å². The molecule has 1 aromatic heterocycles. The molecular weight excluding hydrogens is 278 g/mol. The number of nitrogens with zero attached hydrogens (tertiary/aromatic N) is 1. The topological polar surface area (TPSA) is 24.9 Å². The zero-order chi connectivity index (χ0) is 14.4. The van der Waals surface area contributed by atoms with Crippen LogP contribution in [0.15, 0.2) is 42.6 Å². The van der Waals surface area contributed by atoms with E-state index in [1.54, 1.807) is 6.20 Å². The monoisotopic (exact) mass is 292 g/mol. The number of halogens is 2. The van der Waals surface area contributed by atoms with E-state index in [0.29, 0.717) is 18.0 Å². The minimum atomic E-state index is -0.570. The lowest BCUT2D eigenvalue weighted by atomic mass is 10.1. The Bertz CT molecular complexity index is 567. The summed E-state index contributed by atoms with van der Waals surface area (Å²) in [6.07, 6.45) is 2.50. The van der Waals surface area contributed by atoms with Crippen LogP contribution in [0.25, 0.3) is 0 Å². The van der Waals surface area contributed by atoms with Crippen molar-refractivity contribution in [3.63, 3.8) is 0 Å². The van der Waals surface area contributed by atoms with Gasteiger partial charge in [0.05, 0.1) is 4.99 Å². The summed E-state index contributed by atoms with van der Waals surface area (Å²) in [5.41, 5.74) is 0.947. The van der Waals surface area contributed by atoms with Crippen LogP contribution in [0.5, 0.6) is 0 Å². The van der Waals surface area contributed by atoms with E-state index in [1.807, 2.05) is 18.2 Å². The lowest BCUT2D eigenvalue weighted by Crippen LogP contribution is -2.26. The minimum Gasteiger partial charge on any atom is -0.379 e. The fourth-order valence-electron chi connectivity index (χ4n) is 1.80. The maximum absolute atomic E-state index is 13.5. The van der Waals surface area contributed by atoms with Crippen molar-refractivity contribution < 1.29 is 8.78 Å². The molecule has 0 bridgehead atoms. The molecule has 0 fully saturated rings. The Balaban J connectivity index is 1.84. The second-order valence-electron chi connectivity index (χ2n) is 4.30. The maximum Gasteiger partial charge on any atom is 0.129 e. The first-order valence-corrected chi connectivity index (χ1v) is 6.67. The summed E-state index contributed by atoms with van der Waals surface area (Å²) in [4.78, 5) is 4.61. The van der Waals surface area contributed by atoms with E-state index in [0.717, 1.165) is 5.69 Å². The van der Waals surface area contributed by atoms with Crippen molar-refractivity contribution in [1.29, 1.82) is 0 Å². The van der Waals surface area contributed by atoms with Gasteiger partial charge in [-0.3, -0.25) is 4.98 Å². The first kappa shape index (κ1) is 14.5. The summed E-state index contributed by atoms with van der Waals surface area (Å²) in [6, 6.07) is 9.48. The molecule has 0 atom stereocenters. The van der Waals surface area contributed by atoms with Crippen molar-refractivity contribution >= 4 is 17.2 Å². The highest BCUT2D eigenvalue weighted by Gasteiger charge is 2.10. The van der Waals surface area contributed by atoms with Crippen LogP contribution in [0.1, 0.15) is 11.3 Å². The van der Waals surface area contributed by atoms with Crippen molar-refractivity contribution in [2.24, 2.45) is 0 Å². The van der Waals surface area contributed by atoms with Crippen molar-refractivity contribution in [3.8, 4) is 0 Å². The third-order valence-electron chi connectivity index (χ3n) is 2.83. The molecular formula is C15H14F2N2S. The summed E-state index contributed by atoms with van der Waals surface area (Å²) in [5, 5.41) is 2.99. The minimum absolute atomic E-state index is 0.00263. The molecule has 0 aliphatic carbocycles. The molecule has 0 aliphatic heterocycles. The number of hydrogen-bond acceptors (Lipinski definition) is 2. The number of nitrogens with one attached hydrogen (secondary N) is 1. The molecule has 2 nitrogen and oxygen atoms in total. The highest BCUT2D eigenvalue weighted by molar-refractivity contribution is 7.80. The Morgan fingerprint density at radius 3 is 2.50 bits per heavy atom. The van der Waals surface area contributed by atoms with Crippen molar-refractivity contribution in [1.82, 2.24) is 10.3 Å². The molecule has 1 N–H and O–H groups in total. The second kappa shape index (κ2) is 7.05. The molecule has 1 aromatic carbocycles. The molecule has 0 spiro atoms. The molecule has 0 unspecified atom stereocenters. The highest BCUT2D eigenvalue weighted by Crippen LogP contribution is 2.12. The average Bonchev–Trinajstić information content (AvgIpc) is 2.44. The normalized spacial score (nSPS) is 10.3. The molecule has 2 aromatic rings. The zero-order valence-corrected chi connectivity index (χ0v) is 11.6. The van der Waals surface area contributed by atoms with E-state index >= 15 is 0 Å². The van der Waals surface area contributed by atoms with Gasteiger partial charge in [-0.15, -0.1) is 0 Å². The predicted octanol–water partition coefficient (Wildman–Crippen LogP) is 3.06. The van der Waals surface area contributed by atoms with Crippen LogP contribution in [0.3, 0.4) is 0 Å². The number of rotatable bonds is 5. The standard InChI is InChI=1S/C15H14F2N2S/c16-13-5-3-6-14(17)12(13)10-15(20)19-9-7-11-4-1-2-8-18-11/h1-6,8H,7,9-10H2,(H,19,20). The van der Waals surface area contributed by atoms with Crippen LogP contribution in [0.4, 0.5) is 8.78 Å². The molecule has 5 heteroatoms. The van der Waals surface area contributed by atoms with Gasteiger partial charge in [-0.1, -0.05) is 24.4 Å². The average molecular weight is 292 g/mol. The van der Waals surface area contributed by atoms with Crippen LogP contribution in [0.2, 0.25) is 0 Å². The second-order valence-corrected chi connectivity index (χ2v) is 4.79. The molecule has 0 aliphatic rings. The first-order chi connectivity index (χ1) is 9.66. The van der Waals surface area contributed by atoms with Gasteiger partial charge in [-0.2, -0.15) is 0 Å². The summed E-state index contributed by atoms with van der Waals surface area (Å²) in [6.45, 7) is 0.589. The third-order valence-corrected chi connectivity index (χ3v) is 3.12. The number of aromatic nitrogens is 1. The van der Waals surface area contributed by atoms with Crippen LogP contribution >= 0.6 is 12.2 Å². The Morgan fingerprint density at radius 1 is 1.10 bits per heavy atom. The summed E-state index contributed by atoms with van der Waals surface area (Å²) < 4.78 is 26.9. The van der Waals surface area contributed by atoms with E-state index in [2.05, 4.69) is 10.3 Å². The van der Waals surface area contributed by atoms with Gasteiger partial charge < -0.3 is 5.32 Å². The van der Waals surface area contributed by atoms with E-state index in [9.17, 15) is 8.78 Å². The predicted molar refractivity (Wildman–Crippen MR) is 78.6 cm³/mol. The summed E-state index contributed by atoms with van der Waals surface area (Å²) in [7, 11) is 0. The Morgan fingerprint density at radius 2 is 1.85 bits per heavy atom.